The average molecular weight is 431 g/mol. The third-order valence-electron chi connectivity index (χ3n) is 5.15. The Balaban J connectivity index is 1.55. The fraction of sp³-hybridized carbons (Fsp3) is 0.125. The second-order valence-electron chi connectivity index (χ2n) is 7.28. The van der Waals surface area contributed by atoms with Crippen molar-refractivity contribution in [2.45, 2.75) is 13.1 Å². The van der Waals surface area contributed by atoms with Gasteiger partial charge in [-0.25, -0.2) is 9.07 Å². The van der Waals surface area contributed by atoms with E-state index in [0.29, 0.717) is 12.2 Å². The molecule has 0 bridgehead atoms. The number of hydrogen-bond donors (Lipinski definition) is 2. The number of nitrogens with one attached hydrogen (secondary N) is 2. The summed E-state index contributed by atoms with van der Waals surface area (Å²) < 4.78 is 16.4. The van der Waals surface area contributed by atoms with E-state index in [2.05, 4.69) is 22.3 Å². The van der Waals surface area contributed by atoms with Crippen molar-refractivity contribution in [3.05, 3.63) is 101 Å². The van der Waals surface area contributed by atoms with E-state index >= 15 is 0 Å². The maximum Gasteiger partial charge on any atom is 0.251 e. The van der Waals surface area contributed by atoms with Gasteiger partial charge in [0.2, 0.25) is 5.91 Å². The van der Waals surface area contributed by atoms with E-state index in [-0.39, 0.29) is 23.8 Å². The highest BCUT2D eigenvalue weighted by Gasteiger charge is 2.11. The summed E-state index contributed by atoms with van der Waals surface area (Å²) in [5.41, 5.74) is 3.80. The smallest absolute Gasteiger partial charge is 0.251 e. The predicted molar refractivity (Wildman–Crippen MR) is 122 cm³/mol. The second-order valence-corrected chi connectivity index (χ2v) is 7.28. The number of carbonyl (C=O) groups is 1. The molecular formula is C24H22FN5O2. The van der Waals surface area contributed by atoms with E-state index in [4.69, 9.17) is 0 Å². The zero-order valence-corrected chi connectivity index (χ0v) is 17.5. The van der Waals surface area contributed by atoms with Crippen molar-refractivity contribution in [1.82, 2.24) is 25.0 Å². The molecule has 2 heterocycles. The summed E-state index contributed by atoms with van der Waals surface area (Å²) in [6.45, 7) is 4.55. The standard InChI is InChI=1S/C24H22FN5O2/c1-16(27-12-17-6-11-24(32)29(14-17)15-23(31)26-2)20-4-3-5-22-21(20)13-28-30(22)19-9-7-18(25)8-10-19/h3-11,13-14,27H,1,12,15H2,2H3,(H,26,31). The van der Waals surface area contributed by atoms with Crippen LogP contribution in [0, 0.1) is 5.82 Å². The molecule has 162 valence electrons. The number of likely N-dealkylation sites (N-methyl/N-ethyl adjacent to an activating group) is 1. The molecule has 32 heavy (non-hydrogen) atoms. The van der Waals surface area contributed by atoms with Crippen LogP contribution in [0.2, 0.25) is 0 Å². The van der Waals surface area contributed by atoms with E-state index in [1.807, 2.05) is 18.2 Å². The second kappa shape index (κ2) is 8.89. The van der Waals surface area contributed by atoms with Gasteiger partial charge >= 0.3 is 0 Å². The number of carbonyl (C=O) groups excluding carboxylic acids is 1. The average Bonchev–Trinajstić information content (AvgIpc) is 3.24. The molecule has 0 aliphatic carbocycles. The van der Waals surface area contributed by atoms with Gasteiger partial charge < -0.3 is 15.2 Å². The van der Waals surface area contributed by atoms with Crippen LogP contribution in [0.25, 0.3) is 22.3 Å². The van der Waals surface area contributed by atoms with Crippen LogP contribution in [0.3, 0.4) is 0 Å². The number of halogens is 1. The molecule has 0 radical (unpaired) electrons. The molecule has 0 spiro atoms. The minimum atomic E-state index is -0.301. The first-order valence-corrected chi connectivity index (χ1v) is 10.0. The van der Waals surface area contributed by atoms with Crippen LogP contribution in [-0.4, -0.2) is 27.3 Å². The van der Waals surface area contributed by atoms with Crippen LogP contribution < -0.4 is 16.2 Å². The molecule has 0 unspecified atom stereocenters. The normalized spacial score (nSPS) is 10.8. The largest absolute Gasteiger partial charge is 0.381 e. The maximum absolute atomic E-state index is 13.3. The maximum atomic E-state index is 13.3. The van der Waals surface area contributed by atoms with Crippen LogP contribution in [0.1, 0.15) is 11.1 Å². The number of hydrogen-bond acceptors (Lipinski definition) is 4. The van der Waals surface area contributed by atoms with Crippen LogP contribution in [0.5, 0.6) is 0 Å². The topological polar surface area (TPSA) is 81.0 Å². The van der Waals surface area contributed by atoms with Crippen LogP contribution in [0.4, 0.5) is 4.39 Å². The summed E-state index contributed by atoms with van der Waals surface area (Å²) in [6, 6.07) is 15.1. The Morgan fingerprint density at radius 1 is 1.12 bits per heavy atom. The number of benzene rings is 2. The molecule has 0 atom stereocenters. The van der Waals surface area contributed by atoms with Gasteiger partial charge in [0.1, 0.15) is 12.4 Å². The molecule has 2 aromatic carbocycles. The van der Waals surface area contributed by atoms with Crippen molar-refractivity contribution in [2.75, 3.05) is 7.05 Å². The van der Waals surface area contributed by atoms with E-state index < -0.39 is 0 Å². The van der Waals surface area contributed by atoms with Gasteiger partial charge in [0.25, 0.3) is 5.56 Å². The van der Waals surface area contributed by atoms with Gasteiger partial charge in [-0.15, -0.1) is 0 Å². The van der Waals surface area contributed by atoms with E-state index in [1.165, 1.54) is 29.8 Å². The first kappa shape index (κ1) is 21.0. The summed E-state index contributed by atoms with van der Waals surface area (Å²) in [7, 11) is 1.53. The molecule has 0 fully saturated rings. The molecule has 7 nitrogen and oxygen atoms in total. The Labute approximate surface area is 183 Å². The Bertz CT molecular complexity index is 1360. The van der Waals surface area contributed by atoms with Crippen molar-refractivity contribution in [2.24, 2.45) is 0 Å². The molecule has 4 aromatic rings. The van der Waals surface area contributed by atoms with E-state index in [9.17, 15) is 14.0 Å². The Morgan fingerprint density at radius 3 is 2.66 bits per heavy atom. The highest BCUT2D eigenvalue weighted by molar-refractivity contribution is 5.91. The molecule has 0 aliphatic rings. The zero-order chi connectivity index (χ0) is 22.7. The SMILES string of the molecule is C=C(NCc1ccc(=O)n(CC(=O)NC)c1)c1cccc2c1cnn2-c1ccc(F)cc1. The number of rotatable bonds is 7. The number of fused-ring (bicyclic) bond motifs is 1. The van der Waals surface area contributed by atoms with Crippen molar-refractivity contribution in [1.29, 1.82) is 0 Å². The lowest BCUT2D eigenvalue weighted by atomic mass is 10.1. The molecule has 8 heteroatoms. The Hall–Kier alpha value is -4.20. The summed E-state index contributed by atoms with van der Waals surface area (Å²) in [5.74, 6) is -0.545. The van der Waals surface area contributed by atoms with Crippen LogP contribution >= 0.6 is 0 Å². The van der Waals surface area contributed by atoms with Crippen LogP contribution in [0.15, 0.2) is 78.4 Å². The summed E-state index contributed by atoms with van der Waals surface area (Å²) in [5, 5.41) is 11.2. The highest BCUT2D eigenvalue weighted by Crippen LogP contribution is 2.25. The lowest BCUT2D eigenvalue weighted by Crippen LogP contribution is -2.30. The number of amides is 1. The van der Waals surface area contributed by atoms with E-state index in [1.54, 1.807) is 35.3 Å². The van der Waals surface area contributed by atoms with E-state index in [0.717, 1.165) is 27.7 Å². The van der Waals surface area contributed by atoms with Gasteiger partial charge in [-0.05, 0) is 35.9 Å². The lowest BCUT2D eigenvalue weighted by Gasteiger charge is -2.13. The van der Waals surface area contributed by atoms with Gasteiger partial charge in [-0.1, -0.05) is 24.8 Å². The van der Waals surface area contributed by atoms with Crippen molar-refractivity contribution in [3.63, 3.8) is 0 Å². The predicted octanol–water partition coefficient (Wildman–Crippen LogP) is 2.83. The zero-order valence-electron chi connectivity index (χ0n) is 17.5. The van der Waals surface area contributed by atoms with Crippen molar-refractivity contribution < 1.29 is 9.18 Å². The minimum absolute atomic E-state index is 0.0357. The summed E-state index contributed by atoms with van der Waals surface area (Å²) >= 11 is 0. The number of aromatic nitrogens is 3. The highest BCUT2D eigenvalue weighted by atomic mass is 19.1. The third kappa shape index (κ3) is 4.29. The minimum Gasteiger partial charge on any atom is -0.381 e. The fourth-order valence-corrected chi connectivity index (χ4v) is 3.45. The fourth-order valence-electron chi connectivity index (χ4n) is 3.45. The molecule has 2 aromatic heterocycles. The molecule has 0 saturated heterocycles. The molecule has 0 aliphatic heterocycles. The number of pyridine rings is 1. The Morgan fingerprint density at radius 2 is 1.91 bits per heavy atom. The molecule has 2 N–H and O–H groups in total. The monoisotopic (exact) mass is 431 g/mol. The summed E-state index contributed by atoms with van der Waals surface area (Å²) in [4.78, 5) is 23.6. The van der Waals surface area contributed by atoms with Gasteiger partial charge in [0.05, 0.1) is 17.4 Å². The molecule has 4 rings (SSSR count). The van der Waals surface area contributed by atoms with Gasteiger partial charge in [-0.3, -0.25) is 9.59 Å². The quantitative estimate of drug-likeness (QED) is 0.472. The summed E-state index contributed by atoms with van der Waals surface area (Å²) in [6.07, 6.45) is 3.41. The first-order valence-electron chi connectivity index (χ1n) is 10.0. The molecule has 0 saturated carbocycles. The Kier molecular flexibility index (Phi) is 5.85. The number of nitrogens with zero attached hydrogens (tertiary/aromatic N) is 3. The van der Waals surface area contributed by atoms with Crippen molar-refractivity contribution in [3.8, 4) is 5.69 Å². The van der Waals surface area contributed by atoms with Gasteiger partial charge in [0.15, 0.2) is 0 Å². The van der Waals surface area contributed by atoms with Gasteiger partial charge in [0, 0.05) is 42.5 Å². The molecular weight excluding hydrogens is 409 g/mol. The lowest BCUT2D eigenvalue weighted by molar-refractivity contribution is -0.121. The first-order chi connectivity index (χ1) is 15.5. The third-order valence-corrected chi connectivity index (χ3v) is 5.15. The van der Waals surface area contributed by atoms with Crippen LogP contribution in [-0.2, 0) is 17.9 Å². The van der Waals surface area contributed by atoms with Gasteiger partial charge in [-0.2, -0.15) is 5.10 Å². The van der Waals surface area contributed by atoms with Crippen molar-refractivity contribution >= 4 is 22.5 Å². The molecule has 1 amide bonds.